The van der Waals surface area contributed by atoms with Gasteiger partial charge in [-0.05, 0) is 32.4 Å². The molecule has 0 aromatic heterocycles. The van der Waals surface area contributed by atoms with E-state index in [4.69, 9.17) is 4.74 Å². The van der Waals surface area contributed by atoms with Gasteiger partial charge in [-0.15, -0.1) is 0 Å². The van der Waals surface area contributed by atoms with E-state index in [0.29, 0.717) is 0 Å². The first-order valence-electron chi connectivity index (χ1n) is 6.62. The number of ether oxygens (including phenoxy) is 1. The maximum atomic E-state index is 12.2. The topological polar surface area (TPSA) is 55.4 Å². The fourth-order valence-electron chi connectivity index (χ4n) is 1.44. The minimum atomic E-state index is -0.434. The van der Waals surface area contributed by atoms with E-state index in [2.05, 4.69) is 5.32 Å². The summed E-state index contributed by atoms with van der Waals surface area (Å²) in [5.41, 5.74) is 0.404. The average molecular weight is 275 g/mol. The average Bonchev–Trinajstić information content (AvgIpc) is 2.37. The second kappa shape index (κ2) is 6.89. The molecule has 4 nitrogen and oxygen atoms in total. The number of carbonyl (C=O) groups is 2. The van der Waals surface area contributed by atoms with Gasteiger partial charge in [0.2, 0.25) is 0 Å². The molecule has 0 saturated heterocycles. The van der Waals surface area contributed by atoms with Gasteiger partial charge in [-0.25, -0.2) is 0 Å². The number of rotatable bonds is 4. The summed E-state index contributed by atoms with van der Waals surface area (Å²) >= 11 is 0. The summed E-state index contributed by atoms with van der Waals surface area (Å²) in [5, 5.41) is 2.78. The van der Waals surface area contributed by atoms with Crippen molar-refractivity contribution in [3.8, 4) is 0 Å². The number of benzene rings is 1. The molecule has 0 aliphatic carbocycles. The summed E-state index contributed by atoms with van der Waals surface area (Å²) in [7, 11) is 0. The van der Waals surface area contributed by atoms with Crippen molar-refractivity contribution < 1.29 is 14.3 Å². The van der Waals surface area contributed by atoms with Crippen LogP contribution in [0.4, 0.5) is 0 Å². The van der Waals surface area contributed by atoms with Crippen molar-refractivity contribution in [2.45, 2.75) is 39.7 Å². The maximum Gasteiger partial charge on any atom is 0.311 e. The zero-order chi connectivity index (χ0) is 15.2. The molecule has 1 amide bonds. The van der Waals surface area contributed by atoms with Gasteiger partial charge in [-0.2, -0.15) is 0 Å². The Balaban J connectivity index is 2.99. The van der Waals surface area contributed by atoms with Crippen molar-refractivity contribution in [1.82, 2.24) is 5.32 Å². The lowest BCUT2D eigenvalue weighted by molar-refractivity contribution is -0.142. The SMILES string of the molecule is CCC(=O)O/C(=C\c1ccccc1)C(=O)NC(C)(C)C. The predicted molar refractivity (Wildman–Crippen MR) is 78.7 cm³/mol. The van der Waals surface area contributed by atoms with E-state index >= 15 is 0 Å². The molecule has 0 aliphatic heterocycles. The monoisotopic (exact) mass is 275 g/mol. The first-order chi connectivity index (χ1) is 9.31. The summed E-state index contributed by atoms with van der Waals surface area (Å²) in [6.45, 7) is 7.29. The minimum absolute atomic E-state index is 0.0120. The molecule has 0 fully saturated rings. The molecular weight excluding hydrogens is 254 g/mol. The number of carbonyl (C=O) groups excluding carboxylic acids is 2. The van der Waals surface area contributed by atoms with Gasteiger partial charge in [0.25, 0.3) is 5.91 Å². The number of hydrogen-bond donors (Lipinski definition) is 1. The molecule has 1 N–H and O–H groups in total. The summed E-state index contributed by atoms with van der Waals surface area (Å²) in [5.74, 6) is -0.822. The van der Waals surface area contributed by atoms with Crippen LogP contribution in [0.3, 0.4) is 0 Å². The minimum Gasteiger partial charge on any atom is -0.421 e. The third-order valence-electron chi connectivity index (χ3n) is 2.32. The van der Waals surface area contributed by atoms with Crippen LogP contribution in [0.1, 0.15) is 39.7 Å². The lowest BCUT2D eigenvalue weighted by Crippen LogP contribution is -2.42. The molecule has 0 spiro atoms. The second-order valence-corrected chi connectivity index (χ2v) is 5.45. The van der Waals surface area contributed by atoms with Crippen molar-refractivity contribution >= 4 is 18.0 Å². The molecule has 1 rings (SSSR count). The van der Waals surface area contributed by atoms with Crippen LogP contribution >= 0.6 is 0 Å². The Kier molecular flexibility index (Phi) is 5.50. The maximum absolute atomic E-state index is 12.2. The van der Waals surface area contributed by atoms with Gasteiger partial charge < -0.3 is 10.1 Å². The van der Waals surface area contributed by atoms with Crippen LogP contribution in [0.5, 0.6) is 0 Å². The molecule has 20 heavy (non-hydrogen) atoms. The smallest absolute Gasteiger partial charge is 0.311 e. The molecule has 0 saturated carbocycles. The fourth-order valence-corrected chi connectivity index (χ4v) is 1.44. The van der Waals surface area contributed by atoms with Gasteiger partial charge in [0.1, 0.15) is 0 Å². The number of nitrogens with one attached hydrogen (secondary N) is 1. The van der Waals surface area contributed by atoms with E-state index in [1.807, 2.05) is 51.1 Å². The van der Waals surface area contributed by atoms with E-state index in [1.165, 1.54) is 0 Å². The van der Waals surface area contributed by atoms with E-state index < -0.39 is 17.4 Å². The second-order valence-electron chi connectivity index (χ2n) is 5.45. The molecule has 1 aromatic rings. The van der Waals surface area contributed by atoms with Gasteiger partial charge in [-0.3, -0.25) is 9.59 Å². The Morgan fingerprint density at radius 2 is 1.80 bits per heavy atom. The molecule has 0 radical (unpaired) electrons. The van der Waals surface area contributed by atoms with Crippen LogP contribution in [0.25, 0.3) is 6.08 Å². The highest BCUT2D eigenvalue weighted by Crippen LogP contribution is 2.11. The van der Waals surface area contributed by atoms with Crippen molar-refractivity contribution in [1.29, 1.82) is 0 Å². The number of esters is 1. The van der Waals surface area contributed by atoms with E-state index in [-0.39, 0.29) is 12.2 Å². The van der Waals surface area contributed by atoms with Crippen LogP contribution in [0.15, 0.2) is 36.1 Å². The van der Waals surface area contributed by atoms with Crippen molar-refractivity contribution in [3.05, 3.63) is 41.7 Å². The normalized spacial score (nSPS) is 11.9. The highest BCUT2D eigenvalue weighted by Gasteiger charge is 2.20. The van der Waals surface area contributed by atoms with Gasteiger partial charge >= 0.3 is 5.97 Å². The van der Waals surface area contributed by atoms with Crippen LogP contribution in [-0.4, -0.2) is 17.4 Å². The molecule has 0 heterocycles. The third-order valence-corrected chi connectivity index (χ3v) is 2.32. The van der Waals surface area contributed by atoms with Crippen molar-refractivity contribution in [3.63, 3.8) is 0 Å². The fraction of sp³-hybridized carbons (Fsp3) is 0.375. The number of amides is 1. The summed E-state index contributed by atoms with van der Waals surface area (Å²) in [6, 6.07) is 9.26. The Hall–Kier alpha value is -2.10. The first-order valence-corrected chi connectivity index (χ1v) is 6.62. The Morgan fingerprint density at radius 1 is 1.20 bits per heavy atom. The molecule has 0 aliphatic rings. The summed E-state index contributed by atoms with van der Waals surface area (Å²) in [4.78, 5) is 23.6. The molecule has 4 heteroatoms. The van der Waals surface area contributed by atoms with Gasteiger partial charge in [0.05, 0.1) is 0 Å². The van der Waals surface area contributed by atoms with Crippen LogP contribution in [0, 0.1) is 0 Å². The Labute approximate surface area is 119 Å². The van der Waals surface area contributed by atoms with E-state index in [1.54, 1.807) is 13.0 Å². The molecular formula is C16H21NO3. The Bertz CT molecular complexity index is 498. The van der Waals surface area contributed by atoms with E-state index in [0.717, 1.165) is 5.56 Å². The molecule has 0 atom stereocenters. The highest BCUT2D eigenvalue weighted by atomic mass is 16.5. The first kappa shape index (κ1) is 16.0. The zero-order valence-electron chi connectivity index (χ0n) is 12.4. The molecule has 1 aromatic carbocycles. The van der Waals surface area contributed by atoms with Crippen molar-refractivity contribution in [2.75, 3.05) is 0 Å². The largest absolute Gasteiger partial charge is 0.421 e. The highest BCUT2D eigenvalue weighted by molar-refractivity contribution is 5.98. The van der Waals surface area contributed by atoms with E-state index in [9.17, 15) is 9.59 Å². The molecule has 0 bridgehead atoms. The quantitative estimate of drug-likeness (QED) is 0.522. The number of hydrogen-bond acceptors (Lipinski definition) is 3. The summed E-state index contributed by atoms with van der Waals surface area (Å²) in [6.07, 6.45) is 1.78. The zero-order valence-corrected chi connectivity index (χ0v) is 12.4. The van der Waals surface area contributed by atoms with Gasteiger partial charge in [0, 0.05) is 12.0 Å². The van der Waals surface area contributed by atoms with Crippen molar-refractivity contribution in [2.24, 2.45) is 0 Å². The van der Waals surface area contributed by atoms with Gasteiger partial charge in [-0.1, -0.05) is 37.3 Å². The predicted octanol–water partition coefficient (Wildman–Crippen LogP) is 2.90. The van der Waals surface area contributed by atoms with Crippen LogP contribution < -0.4 is 5.32 Å². The van der Waals surface area contributed by atoms with Crippen LogP contribution in [0.2, 0.25) is 0 Å². The van der Waals surface area contributed by atoms with Crippen LogP contribution in [-0.2, 0) is 14.3 Å². The lowest BCUT2D eigenvalue weighted by atomic mass is 10.1. The Morgan fingerprint density at radius 3 is 2.30 bits per heavy atom. The lowest BCUT2D eigenvalue weighted by Gasteiger charge is -2.21. The molecule has 108 valence electrons. The van der Waals surface area contributed by atoms with Gasteiger partial charge in [0.15, 0.2) is 5.76 Å². The molecule has 0 unspecified atom stereocenters. The standard InChI is InChI=1S/C16H21NO3/c1-5-14(18)20-13(15(19)17-16(2,3)4)11-12-9-7-6-8-10-12/h6-11H,5H2,1-4H3,(H,17,19)/b13-11-. The third kappa shape index (κ3) is 5.69. The summed E-state index contributed by atoms with van der Waals surface area (Å²) < 4.78 is 5.12.